The van der Waals surface area contributed by atoms with E-state index < -0.39 is 5.41 Å². The number of Topliss-reactive ketones (excluding diaryl/α,β-unsaturated/α-hetero) is 1. The molecule has 2 aromatic rings. The zero-order valence-corrected chi connectivity index (χ0v) is 14.3. The van der Waals surface area contributed by atoms with Gasteiger partial charge in [0.15, 0.2) is 0 Å². The van der Waals surface area contributed by atoms with E-state index in [2.05, 4.69) is 0 Å². The molecule has 2 aromatic carbocycles. The van der Waals surface area contributed by atoms with E-state index >= 15 is 0 Å². The lowest BCUT2D eigenvalue weighted by Gasteiger charge is -2.31. The van der Waals surface area contributed by atoms with Gasteiger partial charge in [-0.3, -0.25) is 9.80 Å². The Labute approximate surface area is 146 Å². The van der Waals surface area contributed by atoms with E-state index in [0.29, 0.717) is 5.02 Å². The third-order valence-corrected chi connectivity index (χ3v) is 5.65. The van der Waals surface area contributed by atoms with Crippen LogP contribution in [-0.4, -0.2) is 17.5 Å². The molecule has 3 nitrogen and oxygen atoms in total. The highest BCUT2D eigenvalue weighted by Crippen LogP contribution is 2.51. The van der Waals surface area contributed by atoms with Gasteiger partial charge in [0.25, 0.3) is 0 Å². The van der Waals surface area contributed by atoms with Gasteiger partial charge in [0.05, 0.1) is 22.9 Å². The molecule has 0 unspecified atom stereocenters. The highest BCUT2D eigenvalue weighted by Gasteiger charge is 2.57. The molecule has 2 atom stereocenters. The van der Waals surface area contributed by atoms with Crippen molar-refractivity contribution in [2.24, 2.45) is 10.5 Å². The Morgan fingerprint density at radius 1 is 1.17 bits per heavy atom. The molecule has 0 spiro atoms. The largest absolute Gasteiger partial charge is 0.299 e. The molecule has 0 aromatic heterocycles. The van der Waals surface area contributed by atoms with Gasteiger partial charge < -0.3 is 0 Å². The van der Waals surface area contributed by atoms with Crippen LogP contribution in [0.15, 0.2) is 59.7 Å². The SMILES string of the molecule is CC(=O)[C@]12CCC[C@H]1N(c1ccccc1)N=C2c1ccccc1Cl. The number of rotatable bonds is 3. The van der Waals surface area contributed by atoms with E-state index in [9.17, 15) is 4.79 Å². The van der Waals surface area contributed by atoms with Crippen LogP contribution in [0.3, 0.4) is 0 Å². The van der Waals surface area contributed by atoms with Gasteiger partial charge in [-0.25, -0.2) is 0 Å². The van der Waals surface area contributed by atoms with Crippen LogP contribution in [-0.2, 0) is 4.79 Å². The Hall–Kier alpha value is -2.13. The van der Waals surface area contributed by atoms with Crippen LogP contribution in [0, 0.1) is 5.41 Å². The number of hydrazone groups is 1. The maximum Gasteiger partial charge on any atom is 0.144 e. The second-order valence-corrected chi connectivity index (χ2v) is 6.95. The molecular weight excluding hydrogens is 320 g/mol. The lowest BCUT2D eigenvalue weighted by molar-refractivity contribution is -0.123. The van der Waals surface area contributed by atoms with E-state index in [1.165, 1.54) is 0 Å². The van der Waals surface area contributed by atoms with Crippen LogP contribution in [0.5, 0.6) is 0 Å². The van der Waals surface area contributed by atoms with Gasteiger partial charge in [-0.15, -0.1) is 0 Å². The van der Waals surface area contributed by atoms with Crippen molar-refractivity contribution in [3.8, 4) is 0 Å². The molecular formula is C20H19ClN2O. The highest BCUT2D eigenvalue weighted by molar-refractivity contribution is 6.36. The summed E-state index contributed by atoms with van der Waals surface area (Å²) in [5.74, 6) is 0.183. The number of benzene rings is 2. The average molecular weight is 339 g/mol. The molecule has 0 amide bonds. The molecule has 0 saturated heterocycles. The Morgan fingerprint density at radius 2 is 1.88 bits per heavy atom. The molecule has 122 valence electrons. The Balaban J connectivity index is 1.91. The first kappa shape index (κ1) is 15.4. The summed E-state index contributed by atoms with van der Waals surface area (Å²) in [6, 6.07) is 17.8. The monoisotopic (exact) mass is 338 g/mol. The summed E-state index contributed by atoms with van der Waals surface area (Å²) in [5, 5.41) is 7.60. The maximum absolute atomic E-state index is 12.8. The predicted octanol–water partition coefficient (Wildman–Crippen LogP) is 4.69. The van der Waals surface area contributed by atoms with Gasteiger partial charge in [0.1, 0.15) is 5.78 Å². The van der Waals surface area contributed by atoms with Crippen LogP contribution in [0.4, 0.5) is 5.69 Å². The number of hydrogen-bond acceptors (Lipinski definition) is 3. The first-order chi connectivity index (χ1) is 11.6. The molecule has 4 rings (SSSR count). The topological polar surface area (TPSA) is 32.7 Å². The summed E-state index contributed by atoms with van der Waals surface area (Å²) in [7, 11) is 0. The van der Waals surface area contributed by atoms with Crippen molar-refractivity contribution in [3.63, 3.8) is 0 Å². The van der Waals surface area contributed by atoms with Crippen molar-refractivity contribution >= 4 is 28.8 Å². The molecule has 0 bridgehead atoms. The van der Waals surface area contributed by atoms with Crippen molar-refractivity contribution in [1.82, 2.24) is 0 Å². The minimum atomic E-state index is -0.555. The van der Waals surface area contributed by atoms with Crippen molar-refractivity contribution < 1.29 is 4.79 Å². The molecule has 24 heavy (non-hydrogen) atoms. The third-order valence-electron chi connectivity index (χ3n) is 5.32. The third kappa shape index (κ3) is 2.11. The lowest BCUT2D eigenvalue weighted by Crippen LogP contribution is -2.45. The number of nitrogens with zero attached hydrogens (tertiary/aromatic N) is 2. The first-order valence-electron chi connectivity index (χ1n) is 8.34. The van der Waals surface area contributed by atoms with Crippen LogP contribution in [0.25, 0.3) is 0 Å². The zero-order chi connectivity index (χ0) is 16.7. The number of ketones is 1. The van der Waals surface area contributed by atoms with E-state index in [0.717, 1.165) is 36.2 Å². The van der Waals surface area contributed by atoms with E-state index in [1.807, 2.05) is 59.6 Å². The van der Waals surface area contributed by atoms with E-state index in [1.54, 1.807) is 6.92 Å². The maximum atomic E-state index is 12.8. The number of carbonyl (C=O) groups excluding carboxylic acids is 1. The number of carbonyl (C=O) groups is 1. The van der Waals surface area contributed by atoms with Crippen molar-refractivity contribution in [1.29, 1.82) is 0 Å². The van der Waals surface area contributed by atoms with Gasteiger partial charge in [-0.05, 0) is 44.4 Å². The van der Waals surface area contributed by atoms with Crippen LogP contribution in [0.2, 0.25) is 5.02 Å². The summed E-state index contributed by atoms with van der Waals surface area (Å²) in [4.78, 5) is 12.8. The molecule has 1 fully saturated rings. The molecule has 1 aliphatic carbocycles. The van der Waals surface area contributed by atoms with Crippen LogP contribution in [0.1, 0.15) is 31.7 Å². The number of para-hydroxylation sites is 1. The van der Waals surface area contributed by atoms with Gasteiger partial charge in [-0.1, -0.05) is 48.0 Å². The van der Waals surface area contributed by atoms with Crippen LogP contribution < -0.4 is 5.01 Å². The molecule has 4 heteroatoms. The Kier molecular flexibility index (Phi) is 3.69. The van der Waals surface area contributed by atoms with E-state index in [4.69, 9.17) is 16.7 Å². The second kappa shape index (κ2) is 5.75. The summed E-state index contributed by atoms with van der Waals surface area (Å²) in [6.07, 6.45) is 2.82. The molecule has 2 aliphatic rings. The number of fused-ring (bicyclic) bond motifs is 1. The average Bonchev–Trinajstić information content (AvgIpc) is 3.15. The highest BCUT2D eigenvalue weighted by atomic mass is 35.5. The smallest absolute Gasteiger partial charge is 0.144 e. The quantitative estimate of drug-likeness (QED) is 0.813. The van der Waals surface area contributed by atoms with Crippen molar-refractivity contribution in [2.75, 3.05) is 5.01 Å². The van der Waals surface area contributed by atoms with Gasteiger partial charge in [0, 0.05) is 10.6 Å². The fourth-order valence-corrected chi connectivity index (χ4v) is 4.43. The standard InChI is InChI=1S/C20H19ClN2O/c1-14(24)20-13-7-12-18(20)23(15-8-3-2-4-9-15)22-19(20)16-10-5-6-11-17(16)21/h2-6,8-11,18H,7,12-13H2,1H3/t18-,20-/m1/s1. The van der Waals surface area contributed by atoms with Crippen LogP contribution >= 0.6 is 11.6 Å². The fraction of sp³-hybridized carbons (Fsp3) is 0.300. The summed E-state index contributed by atoms with van der Waals surface area (Å²) < 4.78 is 0. The fourth-order valence-electron chi connectivity index (χ4n) is 4.20. The molecule has 1 aliphatic heterocycles. The summed E-state index contributed by atoms with van der Waals surface area (Å²) in [5.41, 5.74) is 2.17. The van der Waals surface area contributed by atoms with Crippen molar-refractivity contribution in [3.05, 3.63) is 65.2 Å². The van der Waals surface area contributed by atoms with Gasteiger partial charge in [0.2, 0.25) is 0 Å². The molecule has 1 saturated carbocycles. The van der Waals surface area contributed by atoms with Gasteiger partial charge in [-0.2, -0.15) is 5.10 Å². The Bertz CT molecular complexity index is 817. The normalized spacial score (nSPS) is 25.5. The molecule has 1 heterocycles. The van der Waals surface area contributed by atoms with Gasteiger partial charge >= 0.3 is 0 Å². The number of halogens is 1. The minimum absolute atomic E-state index is 0.0728. The van der Waals surface area contributed by atoms with E-state index in [-0.39, 0.29) is 11.8 Å². The molecule has 0 N–H and O–H groups in total. The molecule has 0 radical (unpaired) electrons. The minimum Gasteiger partial charge on any atom is -0.299 e. The Morgan fingerprint density at radius 3 is 2.58 bits per heavy atom. The number of anilines is 1. The summed E-state index contributed by atoms with van der Waals surface area (Å²) in [6.45, 7) is 1.69. The van der Waals surface area contributed by atoms with Crippen molar-refractivity contribution in [2.45, 2.75) is 32.2 Å². The summed E-state index contributed by atoms with van der Waals surface area (Å²) >= 11 is 6.44. The zero-order valence-electron chi connectivity index (χ0n) is 13.6. The number of hydrogen-bond donors (Lipinski definition) is 0. The first-order valence-corrected chi connectivity index (χ1v) is 8.71. The lowest BCUT2D eigenvalue weighted by atomic mass is 9.73. The predicted molar refractivity (Wildman–Crippen MR) is 97.7 cm³/mol. The second-order valence-electron chi connectivity index (χ2n) is 6.54.